The third-order valence-electron chi connectivity index (χ3n) is 1.53. The van der Waals surface area contributed by atoms with Crippen molar-refractivity contribution < 1.29 is 21.9 Å². The van der Waals surface area contributed by atoms with E-state index in [1.165, 1.54) is 12.1 Å². The fourth-order valence-corrected chi connectivity index (χ4v) is 0.914. The molecule has 0 spiro atoms. The Labute approximate surface area is 83.2 Å². The van der Waals surface area contributed by atoms with E-state index in [9.17, 15) is 4.39 Å². The first-order valence-corrected chi connectivity index (χ1v) is 3.89. The summed E-state index contributed by atoms with van der Waals surface area (Å²) in [5, 5.41) is 11.5. The predicted molar refractivity (Wildman–Crippen MR) is 45.2 cm³/mol. The van der Waals surface area contributed by atoms with Gasteiger partial charge in [-0.15, -0.1) is 0 Å². The molecule has 0 amide bonds. The van der Waals surface area contributed by atoms with E-state index in [-0.39, 0.29) is 24.8 Å². The molecular weight excluding hydrogens is 193 g/mol. The van der Waals surface area contributed by atoms with E-state index in [1.54, 1.807) is 12.1 Å². The number of benzene rings is 1. The molecular formula is C9H12ClFNO-. The van der Waals surface area contributed by atoms with Crippen LogP contribution in [0.5, 0.6) is 0 Å². The topological polar surface area (TPSA) is 32.3 Å². The highest BCUT2D eigenvalue weighted by molar-refractivity contribution is 5.15. The van der Waals surface area contributed by atoms with Crippen LogP contribution in [0.4, 0.5) is 4.39 Å². The van der Waals surface area contributed by atoms with E-state index in [0.29, 0.717) is 13.1 Å². The van der Waals surface area contributed by atoms with E-state index >= 15 is 0 Å². The van der Waals surface area contributed by atoms with E-state index in [0.717, 1.165) is 5.56 Å². The molecule has 0 radical (unpaired) electrons. The van der Waals surface area contributed by atoms with E-state index in [2.05, 4.69) is 5.32 Å². The average molecular weight is 205 g/mol. The van der Waals surface area contributed by atoms with Crippen LogP contribution in [0.15, 0.2) is 24.3 Å². The number of aliphatic hydroxyl groups excluding tert-OH is 1. The molecule has 0 bridgehead atoms. The van der Waals surface area contributed by atoms with Gasteiger partial charge in [0, 0.05) is 13.1 Å². The molecule has 0 aliphatic carbocycles. The quantitative estimate of drug-likeness (QED) is 0.552. The van der Waals surface area contributed by atoms with Crippen molar-refractivity contribution in [1.29, 1.82) is 0 Å². The lowest BCUT2D eigenvalue weighted by molar-refractivity contribution is -0.00000418. The summed E-state index contributed by atoms with van der Waals surface area (Å²) in [6, 6.07) is 6.30. The second-order valence-electron chi connectivity index (χ2n) is 2.53. The maximum atomic E-state index is 12.4. The van der Waals surface area contributed by atoms with Crippen molar-refractivity contribution in [3.63, 3.8) is 0 Å². The van der Waals surface area contributed by atoms with Gasteiger partial charge in [-0.25, -0.2) is 4.39 Å². The van der Waals surface area contributed by atoms with E-state index in [1.807, 2.05) is 0 Å². The number of nitrogens with one attached hydrogen (secondary N) is 1. The average Bonchev–Trinajstić information content (AvgIpc) is 2.09. The lowest BCUT2D eigenvalue weighted by atomic mass is 10.2. The third-order valence-corrected chi connectivity index (χ3v) is 1.53. The molecule has 0 heterocycles. The van der Waals surface area contributed by atoms with Crippen LogP contribution in [0, 0.1) is 5.82 Å². The summed E-state index contributed by atoms with van der Waals surface area (Å²) >= 11 is 0. The van der Waals surface area contributed by atoms with Crippen molar-refractivity contribution in [1.82, 2.24) is 5.32 Å². The van der Waals surface area contributed by atoms with Gasteiger partial charge in [0.05, 0.1) is 6.61 Å². The molecule has 0 saturated heterocycles. The van der Waals surface area contributed by atoms with Crippen molar-refractivity contribution in [3.8, 4) is 0 Å². The maximum Gasteiger partial charge on any atom is 0.123 e. The molecule has 1 rings (SSSR count). The molecule has 1 aromatic rings. The van der Waals surface area contributed by atoms with Gasteiger partial charge in [0.25, 0.3) is 0 Å². The van der Waals surface area contributed by atoms with Gasteiger partial charge in [0.1, 0.15) is 5.82 Å². The van der Waals surface area contributed by atoms with Gasteiger partial charge >= 0.3 is 0 Å². The molecule has 0 fully saturated rings. The van der Waals surface area contributed by atoms with Crippen molar-refractivity contribution in [2.45, 2.75) is 6.54 Å². The minimum Gasteiger partial charge on any atom is -1.00 e. The van der Waals surface area contributed by atoms with Crippen molar-refractivity contribution in [2.75, 3.05) is 13.2 Å². The van der Waals surface area contributed by atoms with Gasteiger partial charge in [-0.3, -0.25) is 0 Å². The first-order valence-electron chi connectivity index (χ1n) is 3.89. The highest BCUT2D eigenvalue weighted by Gasteiger charge is 1.92. The maximum absolute atomic E-state index is 12.4. The van der Waals surface area contributed by atoms with Gasteiger partial charge in [0.2, 0.25) is 0 Å². The van der Waals surface area contributed by atoms with E-state index in [4.69, 9.17) is 5.11 Å². The van der Waals surface area contributed by atoms with E-state index < -0.39 is 0 Å². The fraction of sp³-hybridized carbons (Fsp3) is 0.333. The molecule has 0 aliphatic rings. The van der Waals surface area contributed by atoms with Gasteiger partial charge in [-0.1, -0.05) is 12.1 Å². The summed E-state index contributed by atoms with van der Waals surface area (Å²) < 4.78 is 12.4. The Hall–Kier alpha value is -0.640. The van der Waals surface area contributed by atoms with Crippen LogP contribution in [-0.2, 0) is 6.54 Å². The Kier molecular flexibility index (Phi) is 6.49. The molecule has 4 heteroatoms. The molecule has 74 valence electrons. The summed E-state index contributed by atoms with van der Waals surface area (Å²) in [5.41, 5.74) is 1.02. The SMILES string of the molecule is OCCNCc1ccc(F)cc1.[Cl-]. The second-order valence-corrected chi connectivity index (χ2v) is 2.53. The Morgan fingerprint density at radius 3 is 2.38 bits per heavy atom. The molecule has 0 aliphatic heterocycles. The first-order chi connectivity index (χ1) is 5.83. The van der Waals surface area contributed by atoms with Gasteiger partial charge in [0.15, 0.2) is 0 Å². The van der Waals surface area contributed by atoms with Crippen LogP contribution >= 0.6 is 0 Å². The molecule has 13 heavy (non-hydrogen) atoms. The Morgan fingerprint density at radius 2 is 1.85 bits per heavy atom. The highest BCUT2D eigenvalue weighted by atomic mass is 35.5. The number of halogens is 2. The van der Waals surface area contributed by atoms with Gasteiger partial charge < -0.3 is 22.8 Å². The minimum atomic E-state index is -0.221. The van der Waals surface area contributed by atoms with Gasteiger partial charge in [-0.05, 0) is 17.7 Å². The van der Waals surface area contributed by atoms with Crippen LogP contribution in [0.25, 0.3) is 0 Å². The fourth-order valence-electron chi connectivity index (χ4n) is 0.914. The predicted octanol–water partition coefficient (Wildman–Crippen LogP) is -2.09. The molecule has 0 aromatic heterocycles. The number of hydrogen-bond donors (Lipinski definition) is 2. The zero-order valence-electron chi connectivity index (χ0n) is 7.13. The van der Waals surface area contributed by atoms with Crippen LogP contribution in [-0.4, -0.2) is 18.3 Å². The molecule has 0 unspecified atom stereocenters. The number of hydrogen-bond acceptors (Lipinski definition) is 2. The Morgan fingerprint density at radius 1 is 1.23 bits per heavy atom. The largest absolute Gasteiger partial charge is 1.00 e. The molecule has 1 aromatic carbocycles. The molecule has 0 atom stereocenters. The standard InChI is InChI=1S/C9H12FNO.ClH/c10-9-3-1-8(2-4-9)7-11-5-6-12;/h1-4,11-12H,5-7H2;1H/p-1. The summed E-state index contributed by atoms with van der Waals surface area (Å²) in [5.74, 6) is -0.221. The number of rotatable bonds is 4. The van der Waals surface area contributed by atoms with Crippen molar-refractivity contribution >= 4 is 0 Å². The summed E-state index contributed by atoms with van der Waals surface area (Å²) in [4.78, 5) is 0. The summed E-state index contributed by atoms with van der Waals surface area (Å²) in [6.45, 7) is 1.36. The van der Waals surface area contributed by atoms with Crippen LogP contribution in [0.1, 0.15) is 5.56 Å². The monoisotopic (exact) mass is 204 g/mol. The normalized spacial score (nSPS) is 9.38. The van der Waals surface area contributed by atoms with Crippen LogP contribution < -0.4 is 17.7 Å². The van der Waals surface area contributed by atoms with Gasteiger partial charge in [-0.2, -0.15) is 0 Å². The zero-order chi connectivity index (χ0) is 8.81. The van der Waals surface area contributed by atoms with Crippen LogP contribution in [0.3, 0.4) is 0 Å². The molecule has 2 nitrogen and oxygen atoms in total. The Balaban J connectivity index is 0.00000144. The van der Waals surface area contributed by atoms with Crippen molar-refractivity contribution in [2.24, 2.45) is 0 Å². The zero-order valence-corrected chi connectivity index (χ0v) is 7.89. The summed E-state index contributed by atoms with van der Waals surface area (Å²) in [7, 11) is 0. The second kappa shape index (κ2) is 6.83. The molecule has 0 saturated carbocycles. The smallest absolute Gasteiger partial charge is 0.123 e. The number of aliphatic hydroxyl groups is 1. The molecule has 2 N–H and O–H groups in total. The van der Waals surface area contributed by atoms with Crippen molar-refractivity contribution in [3.05, 3.63) is 35.6 Å². The lowest BCUT2D eigenvalue weighted by Crippen LogP contribution is -3.00. The Bertz CT molecular complexity index is 228. The first kappa shape index (κ1) is 12.4. The third kappa shape index (κ3) is 4.83. The van der Waals surface area contributed by atoms with Crippen LogP contribution in [0.2, 0.25) is 0 Å². The summed E-state index contributed by atoms with van der Waals surface area (Å²) in [6.07, 6.45) is 0. The minimum absolute atomic E-state index is 0. The lowest BCUT2D eigenvalue weighted by Gasteiger charge is -2.01. The highest BCUT2D eigenvalue weighted by Crippen LogP contribution is 2.01.